The van der Waals surface area contributed by atoms with Gasteiger partial charge >= 0.3 is 0 Å². The van der Waals surface area contributed by atoms with Crippen LogP contribution in [-0.4, -0.2) is 43.6 Å². The lowest BCUT2D eigenvalue weighted by Crippen LogP contribution is -2.35. The molecule has 2 N–H and O–H groups in total. The average molecular weight is 281 g/mol. The molecule has 0 saturated carbocycles. The molecule has 0 aliphatic carbocycles. The third-order valence-electron chi connectivity index (χ3n) is 3.01. The van der Waals surface area contributed by atoms with Gasteiger partial charge in [-0.05, 0) is 38.0 Å². The number of aliphatic hydroxyl groups is 1. The highest BCUT2D eigenvalue weighted by molar-refractivity contribution is 5.28. The number of benzene rings is 1. The Hall–Kier alpha value is -1.10. The van der Waals surface area contributed by atoms with Crippen LogP contribution in [0.4, 0.5) is 0 Å². The molecule has 0 heterocycles. The Balaban J connectivity index is 2.20. The van der Waals surface area contributed by atoms with Gasteiger partial charge in [0.2, 0.25) is 0 Å². The fraction of sp³-hybridized carbons (Fsp3) is 0.625. The van der Waals surface area contributed by atoms with Crippen LogP contribution in [0.2, 0.25) is 0 Å². The van der Waals surface area contributed by atoms with Gasteiger partial charge in [-0.25, -0.2) is 0 Å². The van der Waals surface area contributed by atoms with Crippen LogP contribution < -0.4 is 10.1 Å². The third-order valence-corrected chi connectivity index (χ3v) is 3.01. The number of ether oxygens (including phenoxy) is 2. The second kappa shape index (κ2) is 9.75. The van der Waals surface area contributed by atoms with Crippen LogP contribution in [0.3, 0.4) is 0 Å². The molecule has 0 amide bonds. The highest BCUT2D eigenvalue weighted by atomic mass is 16.5. The molecule has 2 atom stereocenters. The van der Waals surface area contributed by atoms with E-state index < -0.39 is 6.10 Å². The van der Waals surface area contributed by atoms with Gasteiger partial charge in [0, 0.05) is 19.7 Å². The van der Waals surface area contributed by atoms with Gasteiger partial charge in [-0.1, -0.05) is 19.1 Å². The van der Waals surface area contributed by atoms with Crippen molar-refractivity contribution in [2.75, 3.05) is 26.3 Å². The van der Waals surface area contributed by atoms with E-state index in [4.69, 9.17) is 9.47 Å². The maximum absolute atomic E-state index is 9.85. The molecule has 114 valence electrons. The fourth-order valence-electron chi connectivity index (χ4n) is 1.90. The fourth-order valence-corrected chi connectivity index (χ4v) is 1.90. The van der Waals surface area contributed by atoms with Gasteiger partial charge in [-0.2, -0.15) is 0 Å². The van der Waals surface area contributed by atoms with Gasteiger partial charge in [0.1, 0.15) is 18.5 Å². The van der Waals surface area contributed by atoms with Crippen molar-refractivity contribution in [1.82, 2.24) is 5.32 Å². The first kappa shape index (κ1) is 17.0. The lowest BCUT2D eigenvalue weighted by molar-refractivity contribution is 0.0671. The van der Waals surface area contributed by atoms with Crippen LogP contribution >= 0.6 is 0 Å². The van der Waals surface area contributed by atoms with Crippen LogP contribution in [0, 0.1) is 0 Å². The third kappa shape index (κ3) is 6.89. The van der Waals surface area contributed by atoms with E-state index in [0.717, 1.165) is 18.7 Å². The van der Waals surface area contributed by atoms with Gasteiger partial charge in [-0.3, -0.25) is 0 Å². The van der Waals surface area contributed by atoms with E-state index >= 15 is 0 Å². The molecule has 0 bridgehead atoms. The highest BCUT2D eigenvalue weighted by Gasteiger charge is 2.07. The first-order chi connectivity index (χ1) is 9.65. The van der Waals surface area contributed by atoms with E-state index in [1.165, 1.54) is 5.56 Å². The largest absolute Gasteiger partial charge is 0.491 e. The molecule has 20 heavy (non-hydrogen) atoms. The second-order valence-corrected chi connectivity index (χ2v) is 4.89. The van der Waals surface area contributed by atoms with Gasteiger partial charge in [0.05, 0.1) is 6.10 Å². The summed E-state index contributed by atoms with van der Waals surface area (Å²) in [6.07, 6.45) is 0.625. The Bertz CT molecular complexity index is 370. The lowest BCUT2D eigenvalue weighted by atomic mass is 10.2. The minimum atomic E-state index is -0.519. The molecule has 0 aliphatic heterocycles. The summed E-state index contributed by atoms with van der Waals surface area (Å²) in [5.41, 5.74) is 1.24. The molecular weight excluding hydrogens is 254 g/mol. The van der Waals surface area contributed by atoms with Crippen molar-refractivity contribution in [3.05, 3.63) is 29.8 Å². The zero-order valence-corrected chi connectivity index (χ0v) is 12.8. The van der Waals surface area contributed by atoms with Gasteiger partial charge in [-0.15, -0.1) is 0 Å². The van der Waals surface area contributed by atoms with E-state index in [0.29, 0.717) is 19.8 Å². The molecule has 4 nitrogen and oxygen atoms in total. The van der Waals surface area contributed by atoms with Crippen molar-refractivity contribution in [3.63, 3.8) is 0 Å². The Morgan fingerprint density at radius 3 is 2.75 bits per heavy atom. The Kier molecular flexibility index (Phi) is 8.26. The standard InChI is InChI=1S/C16H27NO3/c1-4-14-7-6-8-16(9-14)20-12-15(18)11-17-10-13(3)19-5-2/h6-9,13,15,17-18H,4-5,10-12H2,1-3H3. The van der Waals surface area contributed by atoms with Gasteiger partial charge in [0.15, 0.2) is 0 Å². The summed E-state index contributed by atoms with van der Waals surface area (Å²) < 4.78 is 11.0. The smallest absolute Gasteiger partial charge is 0.119 e. The molecule has 0 saturated heterocycles. The van der Waals surface area contributed by atoms with Crippen molar-refractivity contribution < 1.29 is 14.6 Å². The van der Waals surface area contributed by atoms with Crippen LogP contribution in [0.1, 0.15) is 26.3 Å². The molecule has 1 aromatic rings. The SMILES string of the molecule is CCOC(C)CNCC(O)COc1cccc(CC)c1. The van der Waals surface area contributed by atoms with Crippen molar-refractivity contribution in [3.8, 4) is 5.75 Å². The van der Waals surface area contributed by atoms with Gasteiger partial charge < -0.3 is 19.9 Å². The normalized spacial score (nSPS) is 14.0. The predicted molar refractivity (Wildman–Crippen MR) is 81.3 cm³/mol. The van der Waals surface area contributed by atoms with Crippen molar-refractivity contribution in [1.29, 1.82) is 0 Å². The summed E-state index contributed by atoms with van der Waals surface area (Å²) in [5, 5.41) is 13.0. The van der Waals surface area contributed by atoms with E-state index in [1.807, 2.05) is 32.0 Å². The monoisotopic (exact) mass is 281 g/mol. The molecule has 2 unspecified atom stereocenters. The quantitative estimate of drug-likeness (QED) is 0.689. The summed E-state index contributed by atoms with van der Waals surface area (Å²) in [4.78, 5) is 0. The van der Waals surface area contributed by atoms with Crippen LogP contribution in [0.15, 0.2) is 24.3 Å². The second-order valence-electron chi connectivity index (χ2n) is 4.89. The summed E-state index contributed by atoms with van der Waals surface area (Å²) >= 11 is 0. The van der Waals surface area contributed by atoms with E-state index in [2.05, 4.69) is 18.3 Å². The number of nitrogens with one attached hydrogen (secondary N) is 1. The summed E-state index contributed by atoms with van der Waals surface area (Å²) in [6, 6.07) is 7.97. The van der Waals surface area contributed by atoms with E-state index in [1.54, 1.807) is 0 Å². The molecule has 0 aromatic heterocycles. The Morgan fingerprint density at radius 2 is 2.05 bits per heavy atom. The van der Waals surface area contributed by atoms with Crippen molar-refractivity contribution >= 4 is 0 Å². The summed E-state index contributed by atoms with van der Waals surface area (Å²) in [6.45, 7) is 8.34. The molecule has 0 fully saturated rings. The number of hydrogen-bond acceptors (Lipinski definition) is 4. The lowest BCUT2D eigenvalue weighted by Gasteiger charge is -2.16. The Morgan fingerprint density at radius 1 is 1.25 bits per heavy atom. The number of hydrogen-bond donors (Lipinski definition) is 2. The predicted octanol–water partition coefficient (Wildman–Crippen LogP) is 2.00. The molecule has 4 heteroatoms. The minimum absolute atomic E-state index is 0.161. The van der Waals surface area contributed by atoms with Crippen molar-refractivity contribution in [2.45, 2.75) is 39.4 Å². The number of rotatable bonds is 10. The maximum atomic E-state index is 9.85. The maximum Gasteiger partial charge on any atom is 0.119 e. The van der Waals surface area contributed by atoms with Crippen LogP contribution in [0.25, 0.3) is 0 Å². The molecule has 0 aliphatic rings. The minimum Gasteiger partial charge on any atom is -0.491 e. The average Bonchev–Trinajstić information content (AvgIpc) is 2.45. The molecule has 0 spiro atoms. The highest BCUT2D eigenvalue weighted by Crippen LogP contribution is 2.13. The first-order valence-corrected chi connectivity index (χ1v) is 7.37. The number of aryl methyl sites for hydroxylation is 1. The Labute approximate surface area is 122 Å². The van der Waals surface area contributed by atoms with Crippen LogP contribution in [0.5, 0.6) is 5.75 Å². The summed E-state index contributed by atoms with van der Waals surface area (Å²) in [5.74, 6) is 0.811. The van der Waals surface area contributed by atoms with Gasteiger partial charge in [0.25, 0.3) is 0 Å². The molecule has 0 radical (unpaired) electrons. The zero-order valence-electron chi connectivity index (χ0n) is 12.8. The van der Waals surface area contributed by atoms with Crippen molar-refractivity contribution in [2.24, 2.45) is 0 Å². The van der Waals surface area contributed by atoms with E-state index in [9.17, 15) is 5.11 Å². The molecule has 1 rings (SSSR count). The number of aliphatic hydroxyl groups excluding tert-OH is 1. The van der Waals surface area contributed by atoms with Crippen LogP contribution in [-0.2, 0) is 11.2 Å². The zero-order chi connectivity index (χ0) is 14.8. The van der Waals surface area contributed by atoms with E-state index in [-0.39, 0.29) is 6.10 Å². The molecular formula is C16H27NO3. The topological polar surface area (TPSA) is 50.7 Å². The summed E-state index contributed by atoms with van der Waals surface area (Å²) in [7, 11) is 0. The molecule has 1 aromatic carbocycles. The first-order valence-electron chi connectivity index (χ1n) is 7.37.